The molecule has 2 aromatic carbocycles. The molecule has 0 atom stereocenters. The second kappa shape index (κ2) is 12.8. The molecule has 4 rings (SSSR count). The van der Waals surface area contributed by atoms with Crippen LogP contribution in [-0.4, -0.2) is 27.1 Å². The molecule has 1 heterocycles. The zero-order valence-corrected chi connectivity index (χ0v) is 29.8. The SMILES string of the molecule is O.O.O=C(O)c1ccccc1-c1c2cc(Br)c(=O)cc-2oc2[c]([Hg])c(O)c(Br)cc12.[H-].[H-].[Na+].[Na+]. The monoisotopic (exact) mass is 773 g/mol. The van der Waals surface area contributed by atoms with Crippen LogP contribution in [0.5, 0.6) is 5.75 Å². The number of phenolic OH excluding ortho intramolecular Hbond substituents is 1. The summed E-state index contributed by atoms with van der Waals surface area (Å²) in [4.78, 5) is 24.0. The van der Waals surface area contributed by atoms with Crippen LogP contribution in [0.3, 0.4) is 0 Å². The van der Waals surface area contributed by atoms with Crippen LogP contribution in [0.25, 0.3) is 33.4 Å². The van der Waals surface area contributed by atoms with Crippen molar-refractivity contribution in [1.29, 1.82) is 0 Å². The number of phenols is 1. The quantitative estimate of drug-likeness (QED) is 0.168. The van der Waals surface area contributed by atoms with E-state index >= 15 is 0 Å². The van der Waals surface area contributed by atoms with Gasteiger partial charge in [0.2, 0.25) is 0 Å². The number of halogens is 2. The number of hydrogen-bond acceptors (Lipinski definition) is 4. The van der Waals surface area contributed by atoms with Crippen LogP contribution in [0.15, 0.2) is 60.6 Å². The number of hydrogen-bond donors (Lipinski definition) is 2. The number of rotatable bonds is 2. The van der Waals surface area contributed by atoms with Crippen LogP contribution in [-0.2, 0) is 26.1 Å². The van der Waals surface area contributed by atoms with Crippen LogP contribution in [0, 0.1) is 0 Å². The average Bonchev–Trinajstić information content (AvgIpc) is 2.66. The normalized spacial score (nSPS) is 9.88. The Balaban J connectivity index is -0.00000160. The fourth-order valence-electron chi connectivity index (χ4n) is 3.22. The molecule has 12 heteroatoms. The molecule has 0 amide bonds. The molecule has 0 radical (unpaired) electrons. The molecule has 2 aliphatic rings. The molecule has 0 fully saturated rings. The van der Waals surface area contributed by atoms with E-state index in [1.807, 2.05) is 0 Å². The third-order valence-corrected chi connectivity index (χ3v) is 8.29. The van der Waals surface area contributed by atoms with E-state index in [0.29, 0.717) is 45.4 Å². The number of carbonyl (C=O) groups is 1. The van der Waals surface area contributed by atoms with E-state index in [0.717, 1.165) is 0 Å². The van der Waals surface area contributed by atoms with Crippen LogP contribution < -0.4 is 67.6 Å². The molecule has 1 aliphatic heterocycles. The van der Waals surface area contributed by atoms with Crippen LogP contribution in [0.4, 0.5) is 0 Å². The second-order valence-electron chi connectivity index (χ2n) is 6.17. The summed E-state index contributed by atoms with van der Waals surface area (Å²) in [5, 5.41) is 20.7. The number of fused-ring (bicyclic) bond motifs is 2. The van der Waals surface area contributed by atoms with Gasteiger partial charge in [-0.3, -0.25) is 0 Å². The van der Waals surface area contributed by atoms with Gasteiger partial charge in [-0.05, 0) is 0 Å². The van der Waals surface area contributed by atoms with Crippen molar-refractivity contribution in [3.05, 3.63) is 67.2 Å². The van der Waals surface area contributed by atoms with Gasteiger partial charge in [0, 0.05) is 0 Å². The van der Waals surface area contributed by atoms with Crippen molar-refractivity contribution in [3.8, 4) is 28.2 Å². The van der Waals surface area contributed by atoms with Gasteiger partial charge in [-0.25, -0.2) is 0 Å². The second-order valence-corrected chi connectivity index (χ2v) is 10.6. The zero-order valence-electron chi connectivity index (χ0n) is 19.1. The van der Waals surface area contributed by atoms with Gasteiger partial charge in [0.25, 0.3) is 0 Å². The van der Waals surface area contributed by atoms with E-state index in [-0.39, 0.29) is 116 Å². The van der Waals surface area contributed by atoms with Crippen molar-refractivity contribution in [1.82, 2.24) is 0 Å². The first-order valence-electron chi connectivity index (χ1n) is 8.05. The molecular weight excluding hydrogens is 759 g/mol. The van der Waals surface area contributed by atoms with E-state index in [1.54, 1.807) is 30.3 Å². The Morgan fingerprint density at radius 2 is 1.62 bits per heavy atom. The first-order valence-corrected chi connectivity index (χ1v) is 12.4. The van der Waals surface area contributed by atoms with Crippen LogP contribution >= 0.6 is 31.9 Å². The van der Waals surface area contributed by atoms with Gasteiger partial charge in [0.05, 0.1) is 0 Å². The molecule has 7 nitrogen and oxygen atoms in total. The molecule has 0 saturated heterocycles. The summed E-state index contributed by atoms with van der Waals surface area (Å²) in [6.45, 7) is 0. The molecular formula is C20H15Br2HgNa2O7. The predicted octanol–water partition coefficient (Wildman–Crippen LogP) is -2.75. The molecule has 6 N–H and O–H groups in total. The Labute approximate surface area is 262 Å². The van der Waals surface area contributed by atoms with E-state index < -0.39 is 5.97 Å². The summed E-state index contributed by atoms with van der Waals surface area (Å²) in [7, 11) is 0. The Kier molecular flexibility index (Phi) is 12.9. The Morgan fingerprint density at radius 3 is 2.25 bits per heavy atom. The van der Waals surface area contributed by atoms with Crippen molar-refractivity contribution < 1.29 is 118 Å². The van der Waals surface area contributed by atoms with E-state index in [4.69, 9.17) is 4.42 Å². The fourth-order valence-corrected chi connectivity index (χ4v) is 6.80. The van der Waals surface area contributed by atoms with Crippen molar-refractivity contribution in [2.45, 2.75) is 0 Å². The van der Waals surface area contributed by atoms with Gasteiger partial charge in [0.1, 0.15) is 0 Å². The van der Waals surface area contributed by atoms with Gasteiger partial charge in [-0.2, -0.15) is 0 Å². The molecule has 2 aromatic rings. The largest absolute Gasteiger partial charge is 1.00 e. The minimum atomic E-state index is -1.05. The topological polar surface area (TPSA) is 151 Å². The number of benzene rings is 3. The molecule has 0 saturated carbocycles. The first kappa shape index (κ1) is 32.2. The maximum atomic E-state index is 12.2. The maximum Gasteiger partial charge on any atom is 1.00 e. The Morgan fingerprint density at radius 1 is 1.00 bits per heavy atom. The molecule has 0 aromatic heterocycles. The van der Waals surface area contributed by atoms with Gasteiger partial charge in [0.15, 0.2) is 0 Å². The number of aromatic carboxylic acids is 1. The van der Waals surface area contributed by atoms with Gasteiger partial charge < -0.3 is 13.8 Å². The molecule has 32 heavy (non-hydrogen) atoms. The summed E-state index contributed by atoms with van der Waals surface area (Å²) < 4.78 is 7.55. The van der Waals surface area contributed by atoms with Crippen molar-refractivity contribution in [2.24, 2.45) is 0 Å². The third kappa shape index (κ3) is 5.71. The standard InChI is InChI=1S/C20H9Br2O5.Hg.2Na.2H2O.2H/c21-13-5-11-17(7-15(13)23)27-18-8-16(24)14(22)6-12(18)19(11)9-3-1-2-4-10(9)20(25)26;;;;;;;/h1-7,24H,(H,25,26);;;;2*1H2;;/q;;2*+1;;;2*-1. The predicted molar refractivity (Wildman–Crippen MR) is 118 cm³/mol. The minimum Gasteiger partial charge on any atom is -1.00 e. The molecule has 0 unspecified atom stereocenters. The van der Waals surface area contributed by atoms with Crippen molar-refractivity contribution >= 4 is 51.9 Å². The van der Waals surface area contributed by atoms with Crippen LogP contribution in [0.2, 0.25) is 0 Å². The fraction of sp³-hybridized carbons (Fsp3) is 0. The number of carboxylic acids is 1. The van der Waals surface area contributed by atoms with Gasteiger partial charge in [-0.15, -0.1) is 0 Å². The Hall–Kier alpha value is 0.215. The molecule has 155 valence electrons. The molecule has 1 aliphatic carbocycles. The van der Waals surface area contributed by atoms with Crippen molar-refractivity contribution in [3.63, 3.8) is 0 Å². The van der Waals surface area contributed by atoms with Crippen LogP contribution in [0.1, 0.15) is 13.2 Å². The van der Waals surface area contributed by atoms with Gasteiger partial charge in [-0.1, -0.05) is 0 Å². The molecule has 0 spiro atoms. The van der Waals surface area contributed by atoms with E-state index in [9.17, 15) is 19.8 Å². The van der Waals surface area contributed by atoms with E-state index in [1.165, 1.54) is 12.1 Å². The average molecular weight is 774 g/mol. The van der Waals surface area contributed by atoms with E-state index in [2.05, 4.69) is 31.9 Å². The smallest absolute Gasteiger partial charge is 1.00 e. The number of aromatic hydroxyl groups is 1. The zero-order chi connectivity index (χ0) is 20.2. The summed E-state index contributed by atoms with van der Waals surface area (Å²) in [5.74, 6) is -0.606. The Bertz CT molecular complexity index is 1340. The van der Waals surface area contributed by atoms with Crippen molar-refractivity contribution in [2.75, 3.05) is 0 Å². The number of carboxylic acid groups (broad SMARTS) is 1. The third-order valence-electron chi connectivity index (χ3n) is 4.51. The first-order chi connectivity index (χ1) is 13.3. The summed E-state index contributed by atoms with van der Waals surface area (Å²) in [6.07, 6.45) is 0. The molecule has 0 bridgehead atoms. The minimum absolute atomic E-state index is 0. The summed E-state index contributed by atoms with van der Waals surface area (Å²) in [6, 6.07) is 11.4. The van der Waals surface area contributed by atoms with Gasteiger partial charge >= 0.3 is 252 Å². The maximum absolute atomic E-state index is 12.2. The summed E-state index contributed by atoms with van der Waals surface area (Å²) >= 11 is 6.64. The summed E-state index contributed by atoms with van der Waals surface area (Å²) in [5.41, 5.74) is 2.13.